The average Bonchev–Trinajstić information content (AvgIpc) is 3.29. The van der Waals surface area contributed by atoms with E-state index in [-0.39, 0.29) is 17.8 Å². The molecule has 156 valence electrons. The van der Waals surface area contributed by atoms with Crippen LogP contribution in [0.15, 0.2) is 29.3 Å². The Bertz CT molecular complexity index is 800. The molecule has 0 unspecified atom stereocenters. The van der Waals surface area contributed by atoms with Crippen molar-refractivity contribution < 1.29 is 23.7 Å². The molecule has 1 atom stereocenters. The number of nitrogens with zero attached hydrogens (tertiary/aromatic N) is 2. The summed E-state index contributed by atoms with van der Waals surface area (Å²) in [5.41, 5.74) is 1.45. The van der Waals surface area contributed by atoms with Gasteiger partial charge in [0.15, 0.2) is 11.5 Å². The van der Waals surface area contributed by atoms with Crippen LogP contribution in [0.25, 0.3) is 11.3 Å². The number of methoxy groups -OCH3 is 3. The topological polar surface area (TPSA) is 91.8 Å². The lowest BCUT2D eigenvalue weighted by Gasteiger charge is -2.13. The minimum absolute atomic E-state index is 0.0407. The van der Waals surface area contributed by atoms with Crippen LogP contribution in [0.1, 0.15) is 12.8 Å². The standard InChI is InChI=1S/C20H25N3O5S/c1-25-16-9-13(10-17(26-2)20(16)27-3)15-6-7-19(23-22-15)29-12-18(24)21-11-14-5-4-8-28-14/h6-7,9-10,14H,4-5,8,11-12H2,1-3H3,(H,21,24)/t14-/m1/s1. The Morgan fingerprint density at radius 1 is 1.17 bits per heavy atom. The molecule has 0 saturated carbocycles. The number of carbonyl (C=O) groups excluding carboxylic acids is 1. The summed E-state index contributed by atoms with van der Waals surface area (Å²) >= 11 is 1.34. The molecule has 2 aromatic rings. The third-order valence-corrected chi connectivity index (χ3v) is 5.42. The van der Waals surface area contributed by atoms with E-state index in [1.165, 1.54) is 11.8 Å². The van der Waals surface area contributed by atoms with Gasteiger partial charge in [0.05, 0.1) is 38.9 Å². The van der Waals surface area contributed by atoms with E-state index in [4.69, 9.17) is 18.9 Å². The van der Waals surface area contributed by atoms with E-state index in [1.807, 2.05) is 24.3 Å². The van der Waals surface area contributed by atoms with Crippen LogP contribution in [0.4, 0.5) is 0 Å². The number of hydrogen-bond acceptors (Lipinski definition) is 8. The molecule has 1 fully saturated rings. The lowest BCUT2D eigenvalue weighted by molar-refractivity contribution is -0.119. The van der Waals surface area contributed by atoms with Gasteiger partial charge in [-0.3, -0.25) is 4.79 Å². The fourth-order valence-electron chi connectivity index (χ4n) is 3.00. The van der Waals surface area contributed by atoms with Crippen molar-refractivity contribution in [2.75, 3.05) is 40.2 Å². The second-order valence-corrected chi connectivity index (χ2v) is 7.39. The van der Waals surface area contributed by atoms with E-state index in [0.29, 0.717) is 34.5 Å². The Labute approximate surface area is 174 Å². The normalized spacial score (nSPS) is 15.8. The molecule has 1 aromatic carbocycles. The molecule has 9 heteroatoms. The SMILES string of the molecule is COc1cc(-c2ccc(SCC(=O)NC[C@H]3CCCO3)nn2)cc(OC)c1OC. The lowest BCUT2D eigenvalue weighted by Crippen LogP contribution is -2.32. The molecular weight excluding hydrogens is 394 g/mol. The second kappa shape index (κ2) is 10.3. The molecule has 0 radical (unpaired) electrons. The van der Waals surface area contributed by atoms with Gasteiger partial charge in [-0.05, 0) is 37.1 Å². The highest BCUT2D eigenvalue weighted by atomic mass is 32.2. The largest absolute Gasteiger partial charge is 0.493 e. The molecule has 1 aromatic heterocycles. The third kappa shape index (κ3) is 5.51. The van der Waals surface area contributed by atoms with Crippen LogP contribution in [-0.2, 0) is 9.53 Å². The average molecular weight is 420 g/mol. The van der Waals surface area contributed by atoms with Crippen LogP contribution >= 0.6 is 11.8 Å². The number of ether oxygens (including phenoxy) is 4. The molecular formula is C20H25N3O5S. The molecule has 1 aliphatic heterocycles. The second-order valence-electron chi connectivity index (χ2n) is 6.40. The molecule has 1 amide bonds. The van der Waals surface area contributed by atoms with Gasteiger partial charge in [-0.25, -0.2) is 0 Å². The minimum atomic E-state index is -0.0407. The number of hydrogen-bond donors (Lipinski definition) is 1. The zero-order valence-electron chi connectivity index (χ0n) is 16.8. The van der Waals surface area contributed by atoms with Crippen molar-refractivity contribution in [3.8, 4) is 28.5 Å². The molecule has 1 aliphatic rings. The van der Waals surface area contributed by atoms with Crippen LogP contribution in [0.3, 0.4) is 0 Å². The van der Waals surface area contributed by atoms with Crippen molar-refractivity contribution in [3.05, 3.63) is 24.3 Å². The molecule has 1 N–H and O–H groups in total. The molecule has 1 saturated heterocycles. The van der Waals surface area contributed by atoms with Gasteiger partial charge in [0.25, 0.3) is 0 Å². The number of nitrogens with one attached hydrogen (secondary N) is 1. The van der Waals surface area contributed by atoms with Crippen LogP contribution in [0.2, 0.25) is 0 Å². The summed E-state index contributed by atoms with van der Waals surface area (Å²) in [5.74, 6) is 1.86. The van der Waals surface area contributed by atoms with Crippen molar-refractivity contribution >= 4 is 17.7 Å². The zero-order valence-corrected chi connectivity index (χ0v) is 17.6. The van der Waals surface area contributed by atoms with Crippen LogP contribution in [0, 0.1) is 0 Å². The van der Waals surface area contributed by atoms with Gasteiger partial charge in [-0.1, -0.05) is 11.8 Å². The summed E-state index contributed by atoms with van der Waals surface area (Å²) in [7, 11) is 4.69. The maximum atomic E-state index is 12.0. The lowest BCUT2D eigenvalue weighted by atomic mass is 10.1. The van der Waals surface area contributed by atoms with Crippen molar-refractivity contribution in [2.45, 2.75) is 24.0 Å². The highest BCUT2D eigenvalue weighted by molar-refractivity contribution is 7.99. The highest BCUT2D eigenvalue weighted by Gasteiger charge is 2.17. The minimum Gasteiger partial charge on any atom is -0.493 e. The predicted octanol–water partition coefficient (Wildman–Crippen LogP) is 2.56. The first kappa shape index (κ1) is 21.2. The molecule has 8 nitrogen and oxygen atoms in total. The van der Waals surface area contributed by atoms with Gasteiger partial charge in [-0.15, -0.1) is 10.2 Å². The van der Waals surface area contributed by atoms with Crippen LogP contribution in [0.5, 0.6) is 17.2 Å². The maximum Gasteiger partial charge on any atom is 0.230 e. The van der Waals surface area contributed by atoms with E-state index in [2.05, 4.69) is 15.5 Å². The van der Waals surface area contributed by atoms with Gasteiger partial charge < -0.3 is 24.3 Å². The highest BCUT2D eigenvalue weighted by Crippen LogP contribution is 2.40. The van der Waals surface area contributed by atoms with Gasteiger partial charge >= 0.3 is 0 Å². The number of benzene rings is 1. The maximum absolute atomic E-state index is 12.0. The molecule has 2 heterocycles. The Kier molecular flexibility index (Phi) is 7.54. The molecule has 3 rings (SSSR count). The summed E-state index contributed by atoms with van der Waals surface area (Å²) < 4.78 is 21.6. The molecule has 0 aliphatic carbocycles. The van der Waals surface area contributed by atoms with Crippen molar-refractivity contribution in [1.29, 1.82) is 0 Å². The monoisotopic (exact) mass is 419 g/mol. The van der Waals surface area contributed by atoms with Gasteiger partial charge in [-0.2, -0.15) is 0 Å². The quantitative estimate of drug-likeness (QED) is 0.620. The van der Waals surface area contributed by atoms with Crippen molar-refractivity contribution in [1.82, 2.24) is 15.5 Å². The zero-order chi connectivity index (χ0) is 20.6. The molecule has 0 bridgehead atoms. The summed E-state index contributed by atoms with van der Waals surface area (Å²) in [4.78, 5) is 12.0. The summed E-state index contributed by atoms with van der Waals surface area (Å²) in [6, 6.07) is 7.32. The van der Waals surface area contributed by atoms with Crippen LogP contribution in [-0.4, -0.2) is 62.4 Å². The van der Waals surface area contributed by atoms with Gasteiger partial charge in [0, 0.05) is 18.7 Å². The fraction of sp³-hybridized carbons (Fsp3) is 0.450. The van der Waals surface area contributed by atoms with Crippen LogP contribution < -0.4 is 19.5 Å². The first-order valence-electron chi connectivity index (χ1n) is 9.29. The first-order valence-corrected chi connectivity index (χ1v) is 10.3. The Morgan fingerprint density at radius 3 is 2.48 bits per heavy atom. The number of aromatic nitrogens is 2. The first-order chi connectivity index (χ1) is 14.1. The van der Waals surface area contributed by atoms with E-state index >= 15 is 0 Å². The fourth-order valence-corrected chi connectivity index (χ4v) is 3.65. The number of carbonyl (C=O) groups is 1. The third-order valence-electron chi connectivity index (χ3n) is 4.50. The van der Waals surface area contributed by atoms with E-state index in [9.17, 15) is 4.79 Å². The Hall–Kier alpha value is -2.52. The molecule has 29 heavy (non-hydrogen) atoms. The Morgan fingerprint density at radius 2 is 1.93 bits per heavy atom. The van der Waals surface area contributed by atoms with E-state index in [1.54, 1.807) is 21.3 Å². The van der Waals surface area contributed by atoms with Crippen molar-refractivity contribution in [3.63, 3.8) is 0 Å². The van der Waals surface area contributed by atoms with E-state index in [0.717, 1.165) is 25.0 Å². The number of amides is 1. The molecule has 0 spiro atoms. The van der Waals surface area contributed by atoms with Gasteiger partial charge in [0.2, 0.25) is 11.7 Å². The summed E-state index contributed by atoms with van der Waals surface area (Å²) in [5, 5.41) is 12.1. The predicted molar refractivity (Wildman–Crippen MR) is 110 cm³/mol. The number of rotatable bonds is 9. The Balaban J connectivity index is 1.60. The smallest absolute Gasteiger partial charge is 0.230 e. The summed E-state index contributed by atoms with van der Waals surface area (Å²) in [6.07, 6.45) is 2.20. The summed E-state index contributed by atoms with van der Waals surface area (Å²) in [6.45, 7) is 1.34. The van der Waals surface area contributed by atoms with Crippen molar-refractivity contribution in [2.24, 2.45) is 0 Å². The van der Waals surface area contributed by atoms with E-state index < -0.39 is 0 Å². The number of thioether (sulfide) groups is 1. The van der Waals surface area contributed by atoms with Gasteiger partial charge in [0.1, 0.15) is 5.03 Å².